The third-order valence-corrected chi connectivity index (χ3v) is 6.97. The number of hydrogen-bond donors (Lipinski definition) is 2. The molecule has 0 fully saturated rings. The summed E-state index contributed by atoms with van der Waals surface area (Å²) in [7, 11) is -4.15. The smallest absolute Gasteiger partial charge is 0.245 e. The fourth-order valence-electron chi connectivity index (χ4n) is 3.16. The molecular weight excluding hydrogens is 483 g/mol. The molecule has 0 heterocycles. The quantitative estimate of drug-likeness (QED) is 0.416. The number of nitrogens with one attached hydrogen (secondary N) is 2. The topological polar surface area (TPSA) is 84.5 Å². The largest absolute Gasteiger partial charge is 0.492 e. The number of carbonyl (C=O) groups is 1. The van der Waals surface area contributed by atoms with E-state index in [1.54, 1.807) is 31.2 Å². The molecule has 0 aliphatic heterocycles. The van der Waals surface area contributed by atoms with Gasteiger partial charge in [-0.15, -0.1) is 0 Å². The van der Waals surface area contributed by atoms with Gasteiger partial charge in [0.2, 0.25) is 15.9 Å². The van der Waals surface area contributed by atoms with Gasteiger partial charge in [0.1, 0.15) is 16.7 Å². The number of carbonyl (C=O) groups excluding carboxylic acids is 1. The van der Waals surface area contributed by atoms with Crippen molar-refractivity contribution in [1.82, 2.24) is 4.72 Å². The summed E-state index contributed by atoms with van der Waals surface area (Å²) >= 11 is 12.2. The molecule has 3 aromatic carbocycles. The van der Waals surface area contributed by atoms with Gasteiger partial charge in [0.25, 0.3) is 0 Å². The molecule has 6 nitrogen and oxygen atoms in total. The van der Waals surface area contributed by atoms with Gasteiger partial charge in [-0.1, -0.05) is 59.6 Å². The van der Waals surface area contributed by atoms with Crippen molar-refractivity contribution in [3.8, 4) is 5.75 Å². The van der Waals surface area contributed by atoms with E-state index in [0.717, 1.165) is 11.1 Å². The summed E-state index contributed by atoms with van der Waals surface area (Å²) in [6.45, 7) is 3.87. The van der Waals surface area contributed by atoms with Crippen molar-refractivity contribution in [2.24, 2.45) is 0 Å². The molecule has 1 amide bonds. The van der Waals surface area contributed by atoms with Gasteiger partial charge < -0.3 is 10.1 Å². The molecule has 2 N–H and O–H groups in total. The normalized spacial score (nSPS) is 12.2. The van der Waals surface area contributed by atoms with Gasteiger partial charge in [-0.2, -0.15) is 4.72 Å². The van der Waals surface area contributed by atoms with E-state index < -0.39 is 22.0 Å². The molecule has 0 aromatic heterocycles. The van der Waals surface area contributed by atoms with Crippen LogP contribution in [0.1, 0.15) is 18.1 Å². The Morgan fingerprint density at radius 1 is 1.03 bits per heavy atom. The molecule has 0 radical (unpaired) electrons. The molecule has 0 saturated carbocycles. The van der Waals surface area contributed by atoms with Gasteiger partial charge in [0, 0.05) is 15.7 Å². The molecule has 1 atom stereocenters. The van der Waals surface area contributed by atoms with E-state index in [1.165, 1.54) is 12.1 Å². The van der Waals surface area contributed by atoms with Crippen LogP contribution in [-0.4, -0.2) is 27.0 Å². The molecule has 0 aliphatic carbocycles. The maximum atomic E-state index is 13.3. The molecule has 1 unspecified atom stereocenters. The second kappa shape index (κ2) is 11.0. The summed E-state index contributed by atoms with van der Waals surface area (Å²) in [5, 5.41) is 3.48. The number of rotatable bonds is 9. The Hall–Kier alpha value is -2.58. The van der Waals surface area contributed by atoms with Crippen molar-refractivity contribution >= 4 is 44.8 Å². The minimum Gasteiger partial charge on any atom is -0.492 e. The molecule has 3 aromatic rings. The van der Waals surface area contributed by atoms with E-state index in [1.807, 2.05) is 37.3 Å². The molecule has 3 rings (SSSR count). The fourth-order valence-corrected chi connectivity index (χ4v) is 4.94. The van der Waals surface area contributed by atoms with Crippen LogP contribution in [0.2, 0.25) is 10.0 Å². The van der Waals surface area contributed by atoms with E-state index in [2.05, 4.69) is 10.0 Å². The van der Waals surface area contributed by atoms with Crippen LogP contribution in [0, 0.1) is 6.92 Å². The van der Waals surface area contributed by atoms with Gasteiger partial charge in [-0.05, 0) is 61.7 Å². The van der Waals surface area contributed by atoms with Gasteiger partial charge in [0.15, 0.2) is 0 Å². The summed E-state index contributed by atoms with van der Waals surface area (Å²) in [4.78, 5) is 13.0. The Balaban J connectivity index is 1.93. The average molecular weight is 507 g/mol. The molecule has 0 aliphatic rings. The number of aryl methyl sites for hydroxylation is 1. The minimum absolute atomic E-state index is 0.135. The van der Waals surface area contributed by atoms with Gasteiger partial charge >= 0.3 is 0 Å². The Morgan fingerprint density at radius 2 is 1.76 bits per heavy atom. The number of benzene rings is 3. The average Bonchev–Trinajstić information content (AvgIpc) is 2.77. The monoisotopic (exact) mass is 506 g/mol. The van der Waals surface area contributed by atoms with E-state index in [9.17, 15) is 13.2 Å². The number of hydrogen-bond acceptors (Lipinski definition) is 4. The number of halogens is 2. The molecule has 9 heteroatoms. The van der Waals surface area contributed by atoms with Crippen LogP contribution < -0.4 is 14.8 Å². The van der Waals surface area contributed by atoms with Crippen LogP contribution in [0.3, 0.4) is 0 Å². The van der Waals surface area contributed by atoms with Crippen molar-refractivity contribution in [3.63, 3.8) is 0 Å². The second-order valence-electron chi connectivity index (χ2n) is 7.34. The molecule has 0 spiro atoms. The lowest BCUT2D eigenvalue weighted by molar-refractivity contribution is -0.117. The molecule has 33 heavy (non-hydrogen) atoms. The van der Waals surface area contributed by atoms with Crippen molar-refractivity contribution in [3.05, 3.63) is 87.9 Å². The van der Waals surface area contributed by atoms with Crippen molar-refractivity contribution in [2.75, 3.05) is 11.9 Å². The lowest BCUT2D eigenvalue weighted by Crippen LogP contribution is -2.45. The first-order valence-electron chi connectivity index (χ1n) is 10.2. The van der Waals surface area contributed by atoms with Gasteiger partial charge in [0.05, 0.1) is 6.61 Å². The molecule has 0 saturated heterocycles. The SMILES string of the molecule is CCOc1ccc(Cl)cc1S(=O)(=O)NC(Cc1ccccc1)C(=O)Nc1ccc(C)c(Cl)c1. The molecule has 174 valence electrons. The number of amides is 1. The third-order valence-electron chi connectivity index (χ3n) is 4.83. The van der Waals surface area contributed by atoms with Crippen LogP contribution in [0.4, 0.5) is 5.69 Å². The van der Waals surface area contributed by atoms with Gasteiger partial charge in [-0.3, -0.25) is 4.79 Å². The summed E-state index contributed by atoms with van der Waals surface area (Å²) in [5.74, 6) is -0.374. The van der Waals surface area contributed by atoms with Crippen molar-refractivity contribution in [1.29, 1.82) is 0 Å². The summed E-state index contributed by atoms with van der Waals surface area (Å²) < 4.78 is 34.6. The zero-order valence-corrected chi connectivity index (χ0v) is 20.5. The van der Waals surface area contributed by atoms with Crippen LogP contribution in [0.25, 0.3) is 0 Å². The summed E-state index contributed by atoms with van der Waals surface area (Å²) in [6.07, 6.45) is 0.135. The first-order valence-corrected chi connectivity index (χ1v) is 12.5. The van der Waals surface area contributed by atoms with Crippen LogP contribution in [0.5, 0.6) is 5.75 Å². The van der Waals surface area contributed by atoms with E-state index in [-0.39, 0.29) is 28.7 Å². The summed E-state index contributed by atoms with van der Waals surface area (Å²) in [6, 6.07) is 17.5. The first kappa shape index (κ1) is 25.1. The van der Waals surface area contributed by atoms with Crippen LogP contribution >= 0.6 is 23.2 Å². The highest BCUT2D eigenvalue weighted by Gasteiger charge is 2.29. The number of sulfonamides is 1. The Labute approximate surface area is 203 Å². The Bertz CT molecular complexity index is 1230. The van der Waals surface area contributed by atoms with Crippen LogP contribution in [0.15, 0.2) is 71.6 Å². The highest BCUT2D eigenvalue weighted by molar-refractivity contribution is 7.89. The Morgan fingerprint density at radius 3 is 2.42 bits per heavy atom. The molecule has 0 bridgehead atoms. The Kier molecular flexibility index (Phi) is 8.37. The van der Waals surface area contributed by atoms with E-state index in [0.29, 0.717) is 10.7 Å². The van der Waals surface area contributed by atoms with Crippen LogP contribution in [-0.2, 0) is 21.2 Å². The lowest BCUT2D eigenvalue weighted by Gasteiger charge is -2.20. The highest BCUT2D eigenvalue weighted by atomic mass is 35.5. The maximum Gasteiger partial charge on any atom is 0.245 e. The lowest BCUT2D eigenvalue weighted by atomic mass is 10.1. The van der Waals surface area contributed by atoms with Crippen molar-refractivity contribution < 1.29 is 17.9 Å². The maximum absolute atomic E-state index is 13.3. The predicted octanol–water partition coefficient (Wildman–Crippen LogP) is 5.23. The number of ether oxygens (including phenoxy) is 1. The second-order valence-corrected chi connectivity index (χ2v) is 9.87. The van der Waals surface area contributed by atoms with E-state index >= 15 is 0 Å². The first-order chi connectivity index (χ1) is 15.7. The highest BCUT2D eigenvalue weighted by Crippen LogP contribution is 2.28. The number of anilines is 1. The van der Waals surface area contributed by atoms with Crippen molar-refractivity contribution in [2.45, 2.75) is 31.2 Å². The fraction of sp³-hybridized carbons (Fsp3) is 0.208. The minimum atomic E-state index is -4.15. The van der Waals surface area contributed by atoms with Gasteiger partial charge in [-0.25, -0.2) is 8.42 Å². The predicted molar refractivity (Wildman–Crippen MR) is 132 cm³/mol. The summed E-state index contributed by atoms with van der Waals surface area (Å²) in [5.41, 5.74) is 2.12. The molecular formula is C24H24Cl2N2O4S. The third kappa shape index (κ3) is 6.71. The van der Waals surface area contributed by atoms with E-state index in [4.69, 9.17) is 27.9 Å². The zero-order valence-electron chi connectivity index (χ0n) is 18.1. The standard InChI is InChI=1S/C24H24Cl2N2O4S/c1-3-32-22-12-10-18(25)14-23(22)33(30,31)28-21(13-17-7-5-4-6-8-17)24(29)27-19-11-9-16(2)20(26)15-19/h4-12,14-15,21,28H,3,13H2,1-2H3,(H,27,29). The zero-order chi connectivity index (χ0) is 24.0.